The van der Waals surface area contributed by atoms with Gasteiger partial charge in [-0.3, -0.25) is 4.79 Å². The third-order valence-electron chi connectivity index (χ3n) is 3.07. The molecule has 3 nitrogen and oxygen atoms in total. The first-order valence-corrected chi connectivity index (χ1v) is 6.15. The van der Waals surface area contributed by atoms with Crippen LogP contribution in [0.2, 0.25) is 0 Å². The molecule has 0 spiro atoms. The van der Waals surface area contributed by atoms with Crippen LogP contribution in [0, 0.1) is 0 Å². The minimum absolute atomic E-state index is 0. The lowest BCUT2D eigenvalue weighted by molar-refractivity contribution is -0.137. The van der Waals surface area contributed by atoms with E-state index in [1.165, 1.54) is 12.1 Å². The summed E-state index contributed by atoms with van der Waals surface area (Å²) >= 11 is 0. The minimum Gasteiger partial charge on any atom is -0.326 e. The summed E-state index contributed by atoms with van der Waals surface area (Å²) < 4.78 is 37.5. The van der Waals surface area contributed by atoms with Crippen molar-refractivity contribution >= 4 is 24.0 Å². The van der Waals surface area contributed by atoms with Gasteiger partial charge in [-0.2, -0.15) is 13.2 Å². The molecule has 112 valence electrons. The van der Waals surface area contributed by atoms with Gasteiger partial charge in [0, 0.05) is 18.2 Å². The second kappa shape index (κ2) is 6.95. The van der Waals surface area contributed by atoms with Gasteiger partial charge in [0.1, 0.15) is 0 Å². The van der Waals surface area contributed by atoms with Crippen molar-refractivity contribution in [2.45, 2.75) is 31.5 Å². The van der Waals surface area contributed by atoms with E-state index >= 15 is 0 Å². The van der Waals surface area contributed by atoms with Crippen molar-refractivity contribution in [3.63, 3.8) is 0 Å². The summed E-state index contributed by atoms with van der Waals surface area (Å²) in [6, 6.07) is 4.79. The quantitative estimate of drug-likeness (QED) is 0.900. The number of halogens is 4. The number of carbonyl (C=O) groups excluding carboxylic acids is 1. The van der Waals surface area contributed by atoms with Crippen molar-refractivity contribution < 1.29 is 18.0 Å². The van der Waals surface area contributed by atoms with Crippen molar-refractivity contribution in [1.29, 1.82) is 0 Å². The van der Waals surface area contributed by atoms with E-state index in [0.29, 0.717) is 0 Å². The fourth-order valence-electron chi connectivity index (χ4n) is 2.14. The Labute approximate surface area is 121 Å². The molecule has 0 bridgehead atoms. The van der Waals surface area contributed by atoms with E-state index in [1.54, 1.807) is 0 Å². The van der Waals surface area contributed by atoms with Gasteiger partial charge in [0.05, 0.1) is 5.56 Å². The molecule has 1 atom stereocenters. The Morgan fingerprint density at radius 3 is 2.75 bits per heavy atom. The van der Waals surface area contributed by atoms with E-state index in [0.717, 1.165) is 31.5 Å². The molecule has 2 rings (SSSR count). The molecule has 1 amide bonds. The van der Waals surface area contributed by atoms with Crippen molar-refractivity contribution in [2.24, 2.45) is 0 Å². The Balaban J connectivity index is 0.00000200. The molecule has 1 unspecified atom stereocenters. The molecule has 1 aliphatic heterocycles. The average Bonchev–Trinajstić information content (AvgIpc) is 2.80. The third kappa shape index (κ3) is 4.68. The van der Waals surface area contributed by atoms with E-state index in [-0.39, 0.29) is 36.5 Å². The minimum atomic E-state index is -4.40. The summed E-state index contributed by atoms with van der Waals surface area (Å²) in [4.78, 5) is 11.7. The lowest BCUT2D eigenvalue weighted by Gasteiger charge is -2.12. The molecule has 1 aliphatic rings. The highest BCUT2D eigenvalue weighted by Crippen LogP contribution is 2.30. The molecule has 1 aromatic rings. The number of benzene rings is 1. The lowest BCUT2D eigenvalue weighted by atomic mass is 10.1. The molecule has 0 saturated carbocycles. The second-order valence-electron chi connectivity index (χ2n) is 4.62. The van der Waals surface area contributed by atoms with Crippen LogP contribution < -0.4 is 10.6 Å². The standard InChI is InChI=1S/C13H15F3N2O.ClH/c14-13(15,16)9-3-1-4-11(7-9)18-12(19)8-10-5-2-6-17-10;/h1,3-4,7,10,17H,2,5-6,8H2,(H,18,19);1H. The fraction of sp³-hybridized carbons (Fsp3) is 0.462. The zero-order valence-electron chi connectivity index (χ0n) is 10.7. The molecular weight excluding hydrogens is 293 g/mol. The van der Waals surface area contributed by atoms with Gasteiger partial charge in [-0.15, -0.1) is 12.4 Å². The van der Waals surface area contributed by atoms with Crippen LogP contribution in [0.25, 0.3) is 0 Å². The number of hydrogen-bond acceptors (Lipinski definition) is 2. The predicted octanol–water partition coefficient (Wildman–Crippen LogP) is 3.21. The average molecular weight is 309 g/mol. The molecule has 1 heterocycles. The van der Waals surface area contributed by atoms with E-state index in [2.05, 4.69) is 10.6 Å². The first kappa shape index (κ1) is 16.8. The number of amides is 1. The molecule has 2 N–H and O–H groups in total. The number of rotatable bonds is 3. The van der Waals surface area contributed by atoms with Gasteiger partial charge in [-0.1, -0.05) is 6.07 Å². The van der Waals surface area contributed by atoms with Crippen molar-refractivity contribution in [3.8, 4) is 0 Å². The summed E-state index contributed by atoms with van der Waals surface area (Å²) in [7, 11) is 0. The summed E-state index contributed by atoms with van der Waals surface area (Å²) in [6.07, 6.45) is -2.15. The first-order valence-electron chi connectivity index (χ1n) is 6.15. The lowest BCUT2D eigenvalue weighted by Crippen LogP contribution is -2.27. The second-order valence-corrected chi connectivity index (χ2v) is 4.62. The zero-order chi connectivity index (χ0) is 13.9. The van der Waals surface area contributed by atoms with Crippen LogP contribution in [0.15, 0.2) is 24.3 Å². The molecule has 1 saturated heterocycles. The molecule has 1 aromatic carbocycles. The van der Waals surface area contributed by atoms with E-state index in [4.69, 9.17) is 0 Å². The SMILES string of the molecule is Cl.O=C(CC1CCCN1)Nc1cccc(C(F)(F)F)c1. The van der Waals surface area contributed by atoms with Crippen LogP contribution >= 0.6 is 12.4 Å². The van der Waals surface area contributed by atoms with Crippen LogP contribution in [0.5, 0.6) is 0 Å². The summed E-state index contributed by atoms with van der Waals surface area (Å²) in [5, 5.41) is 5.67. The van der Waals surface area contributed by atoms with Gasteiger partial charge in [0.15, 0.2) is 0 Å². The number of anilines is 1. The van der Waals surface area contributed by atoms with Crippen LogP contribution in [0.1, 0.15) is 24.8 Å². The van der Waals surface area contributed by atoms with E-state index in [9.17, 15) is 18.0 Å². The maximum atomic E-state index is 12.5. The molecular formula is C13H16ClF3N2O. The van der Waals surface area contributed by atoms with Crippen LogP contribution in [-0.2, 0) is 11.0 Å². The van der Waals surface area contributed by atoms with Crippen LogP contribution in [0.3, 0.4) is 0 Å². The van der Waals surface area contributed by atoms with E-state index in [1.807, 2.05) is 0 Å². The van der Waals surface area contributed by atoms with Gasteiger partial charge >= 0.3 is 6.18 Å². The highest BCUT2D eigenvalue weighted by Gasteiger charge is 2.30. The maximum absolute atomic E-state index is 12.5. The molecule has 0 aromatic heterocycles. The van der Waals surface area contributed by atoms with Crippen LogP contribution in [0.4, 0.5) is 18.9 Å². The smallest absolute Gasteiger partial charge is 0.326 e. The molecule has 20 heavy (non-hydrogen) atoms. The van der Waals surface area contributed by atoms with Gasteiger partial charge in [0.2, 0.25) is 5.91 Å². The Hall–Kier alpha value is -1.27. The van der Waals surface area contributed by atoms with Gasteiger partial charge in [0.25, 0.3) is 0 Å². The molecule has 0 radical (unpaired) electrons. The van der Waals surface area contributed by atoms with Gasteiger partial charge in [-0.05, 0) is 37.6 Å². The number of nitrogens with one attached hydrogen (secondary N) is 2. The monoisotopic (exact) mass is 308 g/mol. The van der Waals surface area contributed by atoms with Gasteiger partial charge in [-0.25, -0.2) is 0 Å². The van der Waals surface area contributed by atoms with Crippen LogP contribution in [-0.4, -0.2) is 18.5 Å². The number of alkyl halides is 3. The van der Waals surface area contributed by atoms with Crippen molar-refractivity contribution in [1.82, 2.24) is 5.32 Å². The number of carbonyl (C=O) groups is 1. The zero-order valence-corrected chi connectivity index (χ0v) is 11.5. The van der Waals surface area contributed by atoms with Crippen molar-refractivity contribution in [3.05, 3.63) is 29.8 Å². The largest absolute Gasteiger partial charge is 0.416 e. The molecule has 7 heteroatoms. The topological polar surface area (TPSA) is 41.1 Å². The number of hydrogen-bond donors (Lipinski definition) is 2. The summed E-state index contributed by atoms with van der Waals surface area (Å²) in [5.74, 6) is -0.265. The predicted molar refractivity (Wildman–Crippen MR) is 73.0 cm³/mol. The fourth-order valence-corrected chi connectivity index (χ4v) is 2.14. The summed E-state index contributed by atoms with van der Waals surface area (Å²) in [5.41, 5.74) is -0.581. The molecule has 0 aliphatic carbocycles. The molecule has 1 fully saturated rings. The third-order valence-corrected chi connectivity index (χ3v) is 3.07. The normalized spacial score (nSPS) is 18.4. The Morgan fingerprint density at radius 1 is 1.40 bits per heavy atom. The highest BCUT2D eigenvalue weighted by molar-refractivity contribution is 5.91. The Kier molecular flexibility index (Phi) is 5.83. The Morgan fingerprint density at radius 2 is 2.15 bits per heavy atom. The maximum Gasteiger partial charge on any atom is 0.416 e. The van der Waals surface area contributed by atoms with E-state index < -0.39 is 11.7 Å². The summed E-state index contributed by atoms with van der Waals surface area (Å²) in [6.45, 7) is 0.890. The Bertz CT molecular complexity index is 459. The highest BCUT2D eigenvalue weighted by atomic mass is 35.5. The van der Waals surface area contributed by atoms with Crippen molar-refractivity contribution in [2.75, 3.05) is 11.9 Å². The first-order chi connectivity index (χ1) is 8.95. The van der Waals surface area contributed by atoms with Gasteiger partial charge < -0.3 is 10.6 Å².